The Morgan fingerprint density at radius 3 is 1.97 bits per heavy atom. The van der Waals surface area contributed by atoms with E-state index in [1.807, 2.05) is 6.07 Å². The zero-order valence-corrected chi connectivity index (χ0v) is 18.5. The van der Waals surface area contributed by atoms with Gasteiger partial charge in [-0.25, -0.2) is 4.79 Å². The highest BCUT2D eigenvalue weighted by atomic mass is 35.5. The van der Waals surface area contributed by atoms with Gasteiger partial charge < -0.3 is 20.9 Å². The minimum Gasteiger partial charge on any atom is -0.410 e. The Morgan fingerprint density at radius 1 is 0.938 bits per heavy atom. The Kier molecular flexibility index (Phi) is 8.96. The third kappa shape index (κ3) is 5.73. The van der Waals surface area contributed by atoms with Crippen LogP contribution in [-0.4, -0.2) is 29.1 Å². The van der Waals surface area contributed by atoms with Crippen molar-refractivity contribution in [2.45, 2.75) is 31.0 Å². The van der Waals surface area contributed by atoms with E-state index in [1.54, 1.807) is 91.9 Å². The van der Waals surface area contributed by atoms with Crippen LogP contribution in [0.5, 0.6) is 5.75 Å². The van der Waals surface area contributed by atoms with E-state index in [9.17, 15) is 14.7 Å². The maximum absolute atomic E-state index is 13.1. The lowest BCUT2D eigenvalue weighted by atomic mass is 9.78. The number of para-hydroxylation sites is 1. The lowest BCUT2D eigenvalue weighted by Crippen LogP contribution is -2.62. The molecule has 0 spiro atoms. The molecule has 0 fully saturated rings. The number of nitrogens with two attached hydrogens (primary N) is 1. The molecular weight excluding hydrogens is 428 g/mol. The molecule has 3 aromatic carbocycles. The molecule has 0 aliphatic rings. The second-order valence-electron chi connectivity index (χ2n) is 7.22. The number of ether oxygens (including phenoxy) is 1. The van der Waals surface area contributed by atoms with Crippen LogP contribution in [-0.2, 0) is 5.60 Å². The van der Waals surface area contributed by atoms with E-state index in [0.717, 1.165) is 0 Å². The maximum atomic E-state index is 13.1. The molecule has 0 aromatic heterocycles. The summed E-state index contributed by atoms with van der Waals surface area (Å²) in [5.41, 5.74) is 5.69. The molecule has 0 radical (unpaired) electrons. The third-order valence-electron chi connectivity index (χ3n) is 5.27. The average Bonchev–Trinajstić information content (AvgIpc) is 2.83. The molecule has 7 heteroatoms. The number of amides is 1. The molecule has 1 amide bonds. The van der Waals surface area contributed by atoms with Gasteiger partial charge in [0.25, 0.3) is 0 Å². The minimum atomic E-state index is -1.60. The summed E-state index contributed by atoms with van der Waals surface area (Å²) in [6.45, 7) is 1.77. The fourth-order valence-electron chi connectivity index (χ4n) is 3.53. The van der Waals surface area contributed by atoms with Gasteiger partial charge in [-0.05, 0) is 24.1 Å². The highest BCUT2D eigenvalue weighted by Crippen LogP contribution is 2.31. The number of hydrogen-bond donors (Lipinski definition) is 3. The quantitative estimate of drug-likeness (QED) is 0.445. The van der Waals surface area contributed by atoms with Gasteiger partial charge in [-0.15, -0.1) is 12.4 Å². The number of rotatable bonds is 8. The van der Waals surface area contributed by atoms with Gasteiger partial charge in [0, 0.05) is 5.56 Å². The second-order valence-corrected chi connectivity index (χ2v) is 7.22. The van der Waals surface area contributed by atoms with Crippen molar-refractivity contribution in [1.82, 2.24) is 5.32 Å². The van der Waals surface area contributed by atoms with Gasteiger partial charge in [0.05, 0.1) is 12.1 Å². The van der Waals surface area contributed by atoms with Crippen molar-refractivity contribution in [2.24, 2.45) is 5.73 Å². The Labute approximate surface area is 193 Å². The van der Waals surface area contributed by atoms with E-state index in [0.29, 0.717) is 16.9 Å². The Morgan fingerprint density at radius 2 is 1.44 bits per heavy atom. The van der Waals surface area contributed by atoms with E-state index in [2.05, 4.69) is 5.32 Å². The van der Waals surface area contributed by atoms with Crippen molar-refractivity contribution < 1.29 is 19.4 Å². The van der Waals surface area contributed by atoms with Crippen LogP contribution < -0.4 is 15.8 Å². The summed E-state index contributed by atoms with van der Waals surface area (Å²) >= 11 is 0. The summed E-state index contributed by atoms with van der Waals surface area (Å²) < 4.78 is 5.33. The van der Waals surface area contributed by atoms with Crippen molar-refractivity contribution in [3.63, 3.8) is 0 Å². The van der Waals surface area contributed by atoms with Crippen molar-refractivity contribution in [3.05, 3.63) is 102 Å². The van der Waals surface area contributed by atoms with E-state index in [-0.39, 0.29) is 18.8 Å². The molecule has 6 nitrogen and oxygen atoms in total. The van der Waals surface area contributed by atoms with Crippen LogP contribution in [0.4, 0.5) is 4.79 Å². The molecule has 0 saturated heterocycles. The molecule has 0 heterocycles. The van der Waals surface area contributed by atoms with Crippen molar-refractivity contribution >= 4 is 24.3 Å². The number of hydrogen-bond acceptors (Lipinski definition) is 5. The van der Waals surface area contributed by atoms with Crippen LogP contribution in [0.3, 0.4) is 0 Å². The molecule has 4 N–H and O–H groups in total. The van der Waals surface area contributed by atoms with Crippen LogP contribution in [0.1, 0.15) is 29.3 Å². The van der Waals surface area contributed by atoms with Gasteiger partial charge in [0.1, 0.15) is 11.4 Å². The SMILES string of the molecule is CCC(O)(c1ccccc1)C(NC(=O)Oc1ccccc1)C(N)C(=O)c1ccccc1.Cl. The fourth-order valence-corrected chi connectivity index (χ4v) is 3.53. The summed E-state index contributed by atoms with van der Waals surface area (Å²) in [6, 6.07) is 23.6. The number of ketones is 1. The first kappa shape index (κ1) is 25.1. The summed E-state index contributed by atoms with van der Waals surface area (Å²) in [6.07, 6.45) is -0.599. The predicted molar refractivity (Wildman–Crippen MR) is 126 cm³/mol. The van der Waals surface area contributed by atoms with Crippen LogP contribution in [0.15, 0.2) is 91.0 Å². The number of carbonyl (C=O) groups excluding carboxylic acids is 2. The molecule has 3 rings (SSSR count). The molecule has 0 saturated carbocycles. The average molecular weight is 455 g/mol. The summed E-state index contributed by atoms with van der Waals surface area (Å²) in [5, 5.41) is 14.3. The summed E-state index contributed by atoms with van der Waals surface area (Å²) in [7, 11) is 0. The lowest BCUT2D eigenvalue weighted by Gasteiger charge is -2.39. The van der Waals surface area contributed by atoms with Gasteiger partial charge in [-0.3, -0.25) is 4.79 Å². The first-order chi connectivity index (χ1) is 15.0. The zero-order chi connectivity index (χ0) is 22.3. The lowest BCUT2D eigenvalue weighted by molar-refractivity contribution is -0.0121. The van der Waals surface area contributed by atoms with Gasteiger partial charge in [0.15, 0.2) is 5.78 Å². The first-order valence-corrected chi connectivity index (χ1v) is 10.1. The van der Waals surface area contributed by atoms with Gasteiger partial charge in [-0.2, -0.15) is 0 Å². The molecule has 32 heavy (non-hydrogen) atoms. The van der Waals surface area contributed by atoms with Crippen molar-refractivity contribution in [1.29, 1.82) is 0 Å². The molecular formula is C25H27ClN2O4. The van der Waals surface area contributed by atoms with Gasteiger partial charge in [-0.1, -0.05) is 85.8 Å². The van der Waals surface area contributed by atoms with E-state index in [4.69, 9.17) is 10.5 Å². The topological polar surface area (TPSA) is 102 Å². The number of halogens is 1. The second kappa shape index (κ2) is 11.4. The van der Waals surface area contributed by atoms with Crippen molar-refractivity contribution in [3.8, 4) is 5.75 Å². The number of benzene rings is 3. The van der Waals surface area contributed by atoms with Crippen LogP contribution in [0, 0.1) is 0 Å². The van der Waals surface area contributed by atoms with E-state index in [1.165, 1.54) is 0 Å². The van der Waals surface area contributed by atoms with E-state index < -0.39 is 29.6 Å². The maximum Gasteiger partial charge on any atom is 0.413 e. The van der Waals surface area contributed by atoms with Crippen LogP contribution >= 0.6 is 12.4 Å². The summed E-state index contributed by atoms with van der Waals surface area (Å²) in [4.78, 5) is 25.8. The number of carbonyl (C=O) groups is 2. The molecule has 3 atom stereocenters. The Bertz CT molecular complexity index is 1000. The van der Waals surface area contributed by atoms with Crippen molar-refractivity contribution in [2.75, 3.05) is 0 Å². The largest absolute Gasteiger partial charge is 0.413 e. The fraction of sp³-hybridized carbons (Fsp3) is 0.200. The molecule has 168 valence electrons. The highest BCUT2D eigenvalue weighted by Gasteiger charge is 2.44. The monoisotopic (exact) mass is 454 g/mol. The standard InChI is InChI=1S/C25H26N2O4.ClH/c1-2-25(30,19-14-8-4-9-15-19)23(21(26)22(28)18-12-6-3-7-13-18)27-24(29)31-20-16-10-5-11-17-20;/h3-17,21,23,30H,2,26H2,1H3,(H,27,29);1H. The molecule has 0 aliphatic heterocycles. The van der Waals surface area contributed by atoms with E-state index >= 15 is 0 Å². The highest BCUT2D eigenvalue weighted by molar-refractivity contribution is 6.00. The molecule has 3 unspecified atom stereocenters. The van der Waals surface area contributed by atoms with Crippen LogP contribution in [0.2, 0.25) is 0 Å². The third-order valence-corrected chi connectivity index (χ3v) is 5.27. The Balaban J connectivity index is 0.00000363. The molecule has 0 aliphatic carbocycles. The molecule has 3 aromatic rings. The Hall–Kier alpha value is -3.19. The van der Waals surface area contributed by atoms with Gasteiger partial charge in [0.2, 0.25) is 0 Å². The number of Topliss-reactive ketones (excluding diaryl/α,β-unsaturated/α-hetero) is 1. The number of nitrogens with one attached hydrogen (secondary N) is 1. The molecule has 0 bridgehead atoms. The van der Waals surface area contributed by atoms with Gasteiger partial charge >= 0.3 is 6.09 Å². The summed E-state index contributed by atoms with van der Waals surface area (Å²) in [5.74, 6) is -0.0603. The number of aliphatic hydroxyl groups is 1. The minimum absolute atomic E-state index is 0. The smallest absolute Gasteiger partial charge is 0.410 e. The first-order valence-electron chi connectivity index (χ1n) is 10.1. The predicted octanol–water partition coefficient (Wildman–Crippen LogP) is 4.07. The normalized spacial score (nSPS) is 14.2. The van der Waals surface area contributed by atoms with Crippen LogP contribution in [0.25, 0.3) is 0 Å². The zero-order valence-electron chi connectivity index (χ0n) is 17.7.